The van der Waals surface area contributed by atoms with E-state index in [0.29, 0.717) is 24.1 Å². The lowest BCUT2D eigenvalue weighted by Gasteiger charge is -2.26. The number of aromatic amines is 1. The zero-order valence-corrected chi connectivity index (χ0v) is 24.1. The van der Waals surface area contributed by atoms with Crippen molar-refractivity contribution in [2.45, 2.75) is 53.1 Å². The standard InChI is InChI=1S/C28H34ClN5O.2ClH/c1-19(2)18-35-27-10-8-23(29)15-22(27)17-34-20(3)13-26(32-34)28-30-24-9-7-21(14-25(24)31-28)16-33-11-5-4-6-12-33;;/h7-10,13-15,19H,4-6,11-12,16-18H2,1-3H3,(H,30,31);2*1H. The molecule has 1 N–H and O–H groups in total. The van der Waals surface area contributed by atoms with Crippen molar-refractivity contribution in [3.63, 3.8) is 0 Å². The fourth-order valence-corrected chi connectivity index (χ4v) is 4.86. The summed E-state index contributed by atoms with van der Waals surface area (Å²) in [5.74, 6) is 2.09. The Bertz CT molecular complexity index is 1310. The summed E-state index contributed by atoms with van der Waals surface area (Å²) in [5, 5.41) is 5.56. The van der Waals surface area contributed by atoms with Gasteiger partial charge in [0.05, 0.1) is 24.2 Å². The lowest BCUT2D eigenvalue weighted by molar-refractivity contribution is 0.221. The van der Waals surface area contributed by atoms with Gasteiger partial charge in [-0.05, 0) is 80.7 Å². The highest BCUT2D eigenvalue weighted by atomic mass is 35.5. The molecule has 2 aromatic heterocycles. The summed E-state index contributed by atoms with van der Waals surface area (Å²) in [7, 11) is 0. The average Bonchev–Trinajstić information content (AvgIpc) is 3.42. The Balaban J connectivity index is 0.00000190. The summed E-state index contributed by atoms with van der Waals surface area (Å²) >= 11 is 6.30. The van der Waals surface area contributed by atoms with E-state index in [1.54, 1.807) is 0 Å². The van der Waals surface area contributed by atoms with Gasteiger partial charge >= 0.3 is 0 Å². The fourth-order valence-electron chi connectivity index (χ4n) is 4.67. The molecule has 0 bridgehead atoms. The van der Waals surface area contributed by atoms with Gasteiger partial charge in [-0.15, -0.1) is 24.8 Å². The first-order chi connectivity index (χ1) is 16.9. The number of benzene rings is 2. The number of H-pyrrole nitrogens is 1. The van der Waals surface area contributed by atoms with E-state index >= 15 is 0 Å². The molecule has 0 aliphatic carbocycles. The van der Waals surface area contributed by atoms with Crippen LogP contribution in [-0.4, -0.2) is 44.3 Å². The van der Waals surface area contributed by atoms with Gasteiger partial charge in [-0.1, -0.05) is 37.9 Å². The quantitative estimate of drug-likeness (QED) is 0.244. The van der Waals surface area contributed by atoms with Crippen LogP contribution < -0.4 is 4.74 Å². The first-order valence-electron chi connectivity index (χ1n) is 12.6. The topological polar surface area (TPSA) is 59.0 Å². The predicted octanol–water partition coefficient (Wildman–Crippen LogP) is 7.30. The number of imidazole rings is 1. The van der Waals surface area contributed by atoms with Gasteiger partial charge in [0.1, 0.15) is 11.4 Å². The number of rotatable bonds is 8. The normalized spacial score (nSPS) is 14.0. The molecule has 1 aliphatic rings. The van der Waals surface area contributed by atoms with Crippen LogP contribution in [0.15, 0.2) is 42.5 Å². The van der Waals surface area contributed by atoms with E-state index in [1.807, 2.05) is 22.9 Å². The molecular formula is C28H36Cl3N5O. The number of fused-ring (bicyclic) bond motifs is 1. The van der Waals surface area contributed by atoms with E-state index < -0.39 is 0 Å². The van der Waals surface area contributed by atoms with Gasteiger partial charge in [0.2, 0.25) is 0 Å². The number of piperidine rings is 1. The number of halogens is 3. The smallest absolute Gasteiger partial charge is 0.159 e. The molecule has 0 radical (unpaired) electrons. The summed E-state index contributed by atoms with van der Waals surface area (Å²) in [4.78, 5) is 10.9. The molecule has 1 saturated heterocycles. The molecule has 200 valence electrons. The number of likely N-dealkylation sites (tertiary alicyclic amines) is 1. The van der Waals surface area contributed by atoms with Gasteiger partial charge in [0.15, 0.2) is 5.82 Å². The van der Waals surface area contributed by atoms with E-state index in [-0.39, 0.29) is 24.8 Å². The van der Waals surface area contributed by atoms with Crippen LogP contribution in [0.5, 0.6) is 5.75 Å². The van der Waals surface area contributed by atoms with E-state index in [0.717, 1.165) is 46.1 Å². The Kier molecular flexibility index (Phi) is 10.3. The van der Waals surface area contributed by atoms with Crippen molar-refractivity contribution in [3.05, 3.63) is 64.3 Å². The van der Waals surface area contributed by atoms with E-state index in [4.69, 9.17) is 26.4 Å². The summed E-state index contributed by atoms with van der Waals surface area (Å²) in [6, 6.07) is 14.4. The molecule has 4 aromatic rings. The van der Waals surface area contributed by atoms with Crippen molar-refractivity contribution in [2.24, 2.45) is 5.92 Å². The van der Waals surface area contributed by atoms with Crippen molar-refractivity contribution in [1.82, 2.24) is 24.6 Å². The summed E-state index contributed by atoms with van der Waals surface area (Å²) in [5.41, 5.74) is 6.26. The lowest BCUT2D eigenvalue weighted by Crippen LogP contribution is -2.29. The Morgan fingerprint density at radius 3 is 2.54 bits per heavy atom. The Morgan fingerprint density at radius 2 is 1.78 bits per heavy atom. The van der Waals surface area contributed by atoms with Crippen molar-refractivity contribution < 1.29 is 4.74 Å². The Hall–Kier alpha value is -2.25. The fraction of sp³-hybridized carbons (Fsp3) is 0.429. The second-order valence-corrected chi connectivity index (χ2v) is 10.5. The van der Waals surface area contributed by atoms with Crippen molar-refractivity contribution in [3.8, 4) is 17.3 Å². The van der Waals surface area contributed by atoms with Gasteiger partial charge in [0, 0.05) is 22.8 Å². The third-order valence-electron chi connectivity index (χ3n) is 6.54. The number of nitrogens with one attached hydrogen (secondary N) is 1. The van der Waals surface area contributed by atoms with Crippen LogP contribution in [0, 0.1) is 12.8 Å². The molecule has 0 atom stereocenters. The number of aryl methyl sites for hydroxylation is 1. The predicted molar refractivity (Wildman–Crippen MR) is 157 cm³/mol. The highest BCUT2D eigenvalue weighted by molar-refractivity contribution is 6.30. The molecule has 6 nitrogen and oxygen atoms in total. The number of hydrogen-bond donors (Lipinski definition) is 1. The number of ether oxygens (including phenoxy) is 1. The lowest BCUT2D eigenvalue weighted by atomic mass is 10.1. The highest BCUT2D eigenvalue weighted by Gasteiger charge is 2.15. The molecule has 9 heteroatoms. The van der Waals surface area contributed by atoms with Crippen molar-refractivity contribution in [2.75, 3.05) is 19.7 Å². The zero-order valence-electron chi connectivity index (χ0n) is 21.7. The number of nitrogens with zero attached hydrogens (tertiary/aromatic N) is 4. The maximum atomic E-state index is 6.30. The average molecular weight is 565 g/mol. The molecule has 37 heavy (non-hydrogen) atoms. The summed E-state index contributed by atoms with van der Waals surface area (Å²) < 4.78 is 8.03. The molecule has 0 saturated carbocycles. The minimum atomic E-state index is 0. The molecule has 0 spiro atoms. The minimum absolute atomic E-state index is 0. The van der Waals surface area contributed by atoms with Crippen LogP contribution in [0.3, 0.4) is 0 Å². The second kappa shape index (κ2) is 13.0. The van der Waals surface area contributed by atoms with Crippen molar-refractivity contribution >= 4 is 47.4 Å². The molecule has 3 heterocycles. The maximum absolute atomic E-state index is 6.30. The van der Waals surface area contributed by atoms with Gasteiger partial charge in [-0.25, -0.2) is 4.98 Å². The number of hydrogen-bond acceptors (Lipinski definition) is 4. The Morgan fingerprint density at radius 1 is 1.00 bits per heavy atom. The van der Waals surface area contributed by atoms with Crippen molar-refractivity contribution in [1.29, 1.82) is 0 Å². The third-order valence-corrected chi connectivity index (χ3v) is 6.77. The highest BCUT2D eigenvalue weighted by Crippen LogP contribution is 2.27. The van der Waals surface area contributed by atoms with Gasteiger partial charge in [-0.3, -0.25) is 9.58 Å². The van der Waals surface area contributed by atoms with E-state index in [1.165, 1.54) is 37.9 Å². The molecule has 2 aromatic carbocycles. The third kappa shape index (κ3) is 7.20. The number of aromatic nitrogens is 4. The maximum Gasteiger partial charge on any atom is 0.159 e. The second-order valence-electron chi connectivity index (χ2n) is 10.1. The van der Waals surface area contributed by atoms with E-state index in [2.05, 4.69) is 54.9 Å². The largest absolute Gasteiger partial charge is 0.493 e. The molecule has 0 unspecified atom stereocenters. The first kappa shape index (κ1) is 29.3. The van der Waals surface area contributed by atoms with Crippen LogP contribution in [0.1, 0.15) is 49.9 Å². The van der Waals surface area contributed by atoms with Gasteiger partial charge < -0.3 is 9.72 Å². The SMILES string of the molecule is Cc1cc(-c2nc3ccc(CN4CCCCC4)cc3[nH]2)nn1Cc1cc(Cl)ccc1OCC(C)C.Cl.Cl. The Labute approximate surface area is 236 Å². The molecule has 1 fully saturated rings. The first-order valence-corrected chi connectivity index (χ1v) is 13.0. The van der Waals surface area contributed by atoms with E-state index in [9.17, 15) is 0 Å². The van der Waals surface area contributed by atoms with Gasteiger partial charge in [-0.2, -0.15) is 5.10 Å². The van der Waals surface area contributed by atoms with Crippen LogP contribution in [0.2, 0.25) is 5.02 Å². The monoisotopic (exact) mass is 563 g/mol. The van der Waals surface area contributed by atoms with Crippen LogP contribution in [0.4, 0.5) is 0 Å². The van der Waals surface area contributed by atoms with Crippen LogP contribution in [0.25, 0.3) is 22.6 Å². The minimum Gasteiger partial charge on any atom is -0.493 e. The summed E-state index contributed by atoms with van der Waals surface area (Å²) in [6.07, 6.45) is 3.97. The molecule has 1 aliphatic heterocycles. The van der Waals surface area contributed by atoms with Gasteiger partial charge in [0.25, 0.3) is 0 Å². The molecule has 0 amide bonds. The molecule has 5 rings (SSSR count). The molecular weight excluding hydrogens is 529 g/mol. The summed E-state index contributed by atoms with van der Waals surface area (Å²) in [6.45, 7) is 11.0. The van der Waals surface area contributed by atoms with Crippen LogP contribution in [-0.2, 0) is 13.1 Å². The zero-order chi connectivity index (χ0) is 24.4. The van der Waals surface area contributed by atoms with Crippen LogP contribution >= 0.6 is 36.4 Å².